The zero-order valence-corrected chi connectivity index (χ0v) is 18.4. The second-order valence-electron chi connectivity index (χ2n) is 7.57. The molecule has 0 radical (unpaired) electrons. The van der Waals surface area contributed by atoms with E-state index in [0.717, 1.165) is 4.90 Å². The first kappa shape index (κ1) is 28.6. The highest BCUT2D eigenvalue weighted by Gasteiger charge is 2.30. The molecule has 0 fully saturated rings. The van der Waals surface area contributed by atoms with E-state index >= 15 is 0 Å². The Morgan fingerprint density at radius 1 is 1.09 bits per heavy atom. The maximum absolute atomic E-state index is 12.4. The minimum absolute atomic E-state index is 0.207. The molecule has 3 atom stereocenters. The van der Waals surface area contributed by atoms with Crippen LogP contribution in [0.1, 0.15) is 33.1 Å². The Hall–Kier alpha value is -3.42. The smallest absolute Gasteiger partial charge is 0.326 e. The fourth-order valence-electron chi connectivity index (χ4n) is 2.64. The fourth-order valence-corrected chi connectivity index (χ4v) is 2.64. The van der Waals surface area contributed by atoms with Crippen LogP contribution >= 0.6 is 0 Å². The molecule has 0 unspecified atom stereocenters. The monoisotopic (exact) mass is 459 g/mol. The van der Waals surface area contributed by atoms with E-state index in [0.29, 0.717) is 13.0 Å². The van der Waals surface area contributed by atoms with Gasteiger partial charge in [0, 0.05) is 13.6 Å². The van der Waals surface area contributed by atoms with E-state index < -0.39 is 66.7 Å². The Bertz CT molecular complexity index is 714. The van der Waals surface area contributed by atoms with Crippen LogP contribution in [0.15, 0.2) is 0 Å². The molecule has 0 spiro atoms. The molecular formula is C18H33N7O7. The summed E-state index contributed by atoms with van der Waals surface area (Å²) in [6, 6.07) is -3.71. The Morgan fingerprint density at radius 2 is 1.69 bits per heavy atom. The highest BCUT2D eigenvalue weighted by molar-refractivity contribution is 5.94. The van der Waals surface area contributed by atoms with Crippen LogP contribution < -0.4 is 27.4 Å². The fraction of sp³-hybridized carbons (Fsp3) is 0.667. The summed E-state index contributed by atoms with van der Waals surface area (Å²) >= 11 is 0. The van der Waals surface area contributed by atoms with E-state index in [4.69, 9.17) is 22.0 Å². The van der Waals surface area contributed by atoms with Gasteiger partial charge in [0.2, 0.25) is 17.7 Å². The van der Waals surface area contributed by atoms with Crippen molar-refractivity contribution in [2.24, 2.45) is 17.4 Å². The third-order valence-electron chi connectivity index (χ3n) is 4.34. The molecule has 0 aliphatic carbocycles. The molecule has 0 saturated heterocycles. The van der Waals surface area contributed by atoms with Crippen LogP contribution in [0.4, 0.5) is 0 Å². The van der Waals surface area contributed by atoms with Gasteiger partial charge in [0.15, 0.2) is 5.96 Å². The van der Waals surface area contributed by atoms with Gasteiger partial charge in [-0.05, 0) is 18.8 Å². The van der Waals surface area contributed by atoms with Crippen molar-refractivity contribution >= 4 is 35.6 Å². The van der Waals surface area contributed by atoms with Crippen molar-refractivity contribution in [3.63, 3.8) is 0 Å². The molecular weight excluding hydrogens is 426 g/mol. The lowest BCUT2D eigenvalue weighted by atomic mass is 10.0. The number of likely N-dealkylation sites (N-methyl/N-ethyl adjacent to an activating group) is 1. The largest absolute Gasteiger partial charge is 0.481 e. The number of carboxylic acid groups (broad SMARTS) is 2. The van der Waals surface area contributed by atoms with Crippen molar-refractivity contribution in [1.29, 1.82) is 5.41 Å². The van der Waals surface area contributed by atoms with Crippen LogP contribution in [-0.4, -0.2) is 89.0 Å². The SMILES string of the molecule is CC(C)[C@H](NC(=O)[C@H](CC(=O)O)NC(=O)CN(C)C(=O)[C@@H](N)CCCNC(=N)N)C(=O)O. The summed E-state index contributed by atoms with van der Waals surface area (Å²) in [7, 11) is 1.32. The zero-order valence-electron chi connectivity index (χ0n) is 18.4. The Balaban J connectivity index is 4.92. The minimum Gasteiger partial charge on any atom is -0.481 e. The average Bonchev–Trinajstić information content (AvgIpc) is 2.66. The van der Waals surface area contributed by atoms with Gasteiger partial charge in [-0.25, -0.2) is 4.79 Å². The Kier molecular flexibility index (Phi) is 12.3. The minimum atomic E-state index is -1.53. The molecule has 3 amide bonds. The molecule has 0 aromatic carbocycles. The summed E-state index contributed by atoms with van der Waals surface area (Å²) in [5.74, 6) is -5.70. The first-order valence-corrected chi connectivity index (χ1v) is 9.89. The molecule has 0 bridgehead atoms. The summed E-state index contributed by atoms with van der Waals surface area (Å²) in [4.78, 5) is 60.3. The lowest BCUT2D eigenvalue weighted by molar-refractivity contribution is -0.144. The van der Waals surface area contributed by atoms with Crippen LogP contribution in [0.2, 0.25) is 0 Å². The van der Waals surface area contributed by atoms with Gasteiger partial charge in [-0.2, -0.15) is 0 Å². The normalized spacial score (nSPS) is 13.4. The molecule has 0 aliphatic rings. The summed E-state index contributed by atoms with van der Waals surface area (Å²) in [6.45, 7) is 2.97. The Morgan fingerprint density at radius 3 is 2.16 bits per heavy atom. The predicted octanol–water partition coefficient (Wildman–Crippen LogP) is -2.78. The number of carbonyl (C=O) groups excluding carboxylic acids is 3. The molecule has 0 heterocycles. The van der Waals surface area contributed by atoms with E-state index in [1.54, 1.807) is 13.8 Å². The average molecular weight is 460 g/mol. The van der Waals surface area contributed by atoms with Crippen LogP contribution in [0, 0.1) is 11.3 Å². The molecule has 0 aromatic rings. The molecule has 0 aromatic heterocycles. The number of amides is 3. The van der Waals surface area contributed by atoms with Crippen LogP contribution in [-0.2, 0) is 24.0 Å². The van der Waals surface area contributed by atoms with Gasteiger partial charge >= 0.3 is 11.9 Å². The number of aliphatic carboxylic acids is 2. The number of nitrogens with zero attached hydrogens (tertiary/aromatic N) is 1. The molecule has 14 nitrogen and oxygen atoms in total. The predicted molar refractivity (Wildman–Crippen MR) is 113 cm³/mol. The second-order valence-corrected chi connectivity index (χ2v) is 7.57. The molecule has 10 N–H and O–H groups in total. The van der Waals surface area contributed by atoms with Crippen molar-refractivity contribution in [2.75, 3.05) is 20.1 Å². The lowest BCUT2D eigenvalue weighted by Gasteiger charge is -2.24. The lowest BCUT2D eigenvalue weighted by Crippen LogP contribution is -2.55. The topological polar surface area (TPSA) is 241 Å². The van der Waals surface area contributed by atoms with Crippen molar-refractivity contribution < 1.29 is 34.2 Å². The highest BCUT2D eigenvalue weighted by atomic mass is 16.4. The molecule has 0 rings (SSSR count). The molecule has 0 aliphatic heterocycles. The van der Waals surface area contributed by atoms with E-state index in [2.05, 4.69) is 16.0 Å². The van der Waals surface area contributed by atoms with E-state index in [-0.39, 0.29) is 12.4 Å². The standard InChI is InChI=1S/C18H33N7O7/c1-9(2)14(17(31)32)24-15(29)11(7-13(27)28)23-12(26)8-25(3)16(30)10(19)5-4-6-22-18(20)21/h9-11,14H,4-8,19H2,1-3H3,(H,23,26)(H,24,29)(H,27,28)(H,31,32)(H4,20,21,22)/t10-,11-,14-/m0/s1. The quantitative estimate of drug-likeness (QED) is 0.0754. The van der Waals surface area contributed by atoms with Gasteiger partial charge < -0.3 is 42.5 Å². The number of nitrogens with one attached hydrogen (secondary N) is 4. The third kappa shape index (κ3) is 11.1. The van der Waals surface area contributed by atoms with Gasteiger partial charge in [0.1, 0.15) is 12.1 Å². The third-order valence-corrected chi connectivity index (χ3v) is 4.34. The molecule has 14 heteroatoms. The summed E-state index contributed by atoms with van der Waals surface area (Å²) in [5.41, 5.74) is 11.0. The highest BCUT2D eigenvalue weighted by Crippen LogP contribution is 2.04. The number of hydrogen-bond donors (Lipinski definition) is 8. The number of rotatable bonds is 14. The summed E-state index contributed by atoms with van der Waals surface area (Å²) < 4.78 is 0. The Labute approximate surface area is 185 Å². The summed E-state index contributed by atoms with van der Waals surface area (Å²) in [5, 5.41) is 32.2. The first-order valence-electron chi connectivity index (χ1n) is 9.89. The number of guanidine groups is 1. The van der Waals surface area contributed by atoms with E-state index in [1.165, 1.54) is 7.05 Å². The maximum Gasteiger partial charge on any atom is 0.326 e. The summed E-state index contributed by atoms with van der Waals surface area (Å²) in [6.07, 6.45) is -0.0583. The van der Waals surface area contributed by atoms with Crippen molar-refractivity contribution in [1.82, 2.24) is 20.9 Å². The van der Waals surface area contributed by atoms with Crippen LogP contribution in [0.25, 0.3) is 0 Å². The second kappa shape index (κ2) is 13.8. The zero-order chi connectivity index (χ0) is 25.0. The molecule has 32 heavy (non-hydrogen) atoms. The van der Waals surface area contributed by atoms with Crippen LogP contribution in [0.5, 0.6) is 0 Å². The molecule has 182 valence electrons. The van der Waals surface area contributed by atoms with E-state index in [1.807, 2.05) is 0 Å². The number of carboxylic acids is 2. The first-order chi connectivity index (χ1) is 14.8. The van der Waals surface area contributed by atoms with Crippen molar-refractivity contribution in [3.8, 4) is 0 Å². The maximum atomic E-state index is 12.4. The number of hydrogen-bond acceptors (Lipinski definition) is 7. The van der Waals surface area contributed by atoms with Crippen molar-refractivity contribution in [3.05, 3.63) is 0 Å². The number of carbonyl (C=O) groups is 5. The van der Waals surface area contributed by atoms with Crippen LogP contribution in [0.3, 0.4) is 0 Å². The van der Waals surface area contributed by atoms with Gasteiger partial charge in [-0.15, -0.1) is 0 Å². The van der Waals surface area contributed by atoms with Gasteiger partial charge in [-0.3, -0.25) is 24.6 Å². The molecule has 0 saturated carbocycles. The number of nitrogens with two attached hydrogens (primary N) is 2. The van der Waals surface area contributed by atoms with Gasteiger partial charge in [-0.1, -0.05) is 13.8 Å². The van der Waals surface area contributed by atoms with E-state index in [9.17, 15) is 29.1 Å². The van der Waals surface area contributed by atoms with Gasteiger partial charge in [0.25, 0.3) is 0 Å². The van der Waals surface area contributed by atoms with Gasteiger partial charge in [0.05, 0.1) is 19.0 Å². The van der Waals surface area contributed by atoms with Crippen molar-refractivity contribution in [2.45, 2.75) is 51.2 Å².